The zero-order valence-electron chi connectivity index (χ0n) is 16.5. The Morgan fingerprint density at radius 2 is 1.79 bits per heavy atom. The second-order valence-electron chi connectivity index (χ2n) is 7.73. The number of ether oxygens (including phenoxy) is 1. The lowest BCUT2D eigenvalue weighted by Crippen LogP contribution is -2.43. The summed E-state index contributed by atoms with van der Waals surface area (Å²) in [5.74, 6) is -1.76. The van der Waals surface area contributed by atoms with Crippen LogP contribution in [0.5, 0.6) is 5.75 Å². The molecule has 1 aromatic heterocycles. The second kappa shape index (κ2) is 8.45. The van der Waals surface area contributed by atoms with Crippen LogP contribution in [-0.4, -0.2) is 60.0 Å². The number of pyridine rings is 1. The molecule has 2 aromatic rings. The highest BCUT2D eigenvalue weighted by molar-refractivity contribution is 5.95. The number of hydrogen-bond acceptors (Lipinski definition) is 4. The molecule has 3 heterocycles. The molecule has 2 aliphatic heterocycles. The van der Waals surface area contributed by atoms with Crippen LogP contribution >= 0.6 is 0 Å². The molecule has 1 unspecified atom stereocenters. The fourth-order valence-electron chi connectivity index (χ4n) is 4.33. The SMILES string of the molecule is COc1cncc(-c2cc(F)c(C(=O)N3CCCC3CN3CCCC3)c(F)c2)c1. The summed E-state index contributed by atoms with van der Waals surface area (Å²) in [5.41, 5.74) is 0.366. The summed E-state index contributed by atoms with van der Waals surface area (Å²) >= 11 is 0. The smallest absolute Gasteiger partial charge is 0.260 e. The number of amides is 1. The van der Waals surface area contributed by atoms with E-state index in [0.717, 1.165) is 32.5 Å². The average molecular weight is 401 g/mol. The van der Waals surface area contributed by atoms with E-state index in [4.69, 9.17) is 4.74 Å². The third kappa shape index (κ3) is 4.10. The van der Waals surface area contributed by atoms with Gasteiger partial charge in [0.2, 0.25) is 0 Å². The van der Waals surface area contributed by atoms with Gasteiger partial charge in [0.1, 0.15) is 22.9 Å². The van der Waals surface area contributed by atoms with Gasteiger partial charge in [-0.2, -0.15) is 0 Å². The number of carbonyl (C=O) groups excluding carboxylic acids is 1. The van der Waals surface area contributed by atoms with Gasteiger partial charge in [0.05, 0.1) is 13.3 Å². The van der Waals surface area contributed by atoms with Crippen molar-refractivity contribution in [1.82, 2.24) is 14.8 Å². The van der Waals surface area contributed by atoms with Crippen molar-refractivity contribution >= 4 is 5.91 Å². The number of hydrogen-bond donors (Lipinski definition) is 0. The Hall–Kier alpha value is -2.54. The first kappa shape index (κ1) is 19.8. The van der Waals surface area contributed by atoms with Gasteiger partial charge >= 0.3 is 0 Å². The molecule has 4 rings (SSSR count). The Morgan fingerprint density at radius 3 is 2.48 bits per heavy atom. The molecule has 29 heavy (non-hydrogen) atoms. The molecule has 1 atom stereocenters. The standard InChI is InChI=1S/C22H25F2N3O2/c1-29-18-9-16(12-25-13-18)15-10-19(23)21(20(24)11-15)22(28)27-8-4-5-17(27)14-26-6-2-3-7-26/h9-13,17H,2-8,14H2,1H3. The maximum absolute atomic E-state index is 14.9. The van der Waals surface area contributed by atoms with Gasteiger partial charge in [0.15, 0.2) is 0 Å². The van der Waals surface area contributed by atoms with Crippen LogP contribution in [0, 0.1) is 11.6 Å². The zero-order valence-corrected chi connectivity index (χ0v) is 16.5. The third-order valence-corrected chi connectivity index (χ3v) is 5.84. The Kier molecular flexibility index (Phi) is 5.76. The molecule has 5 nitrogen and oxygen atoms in total. The van der Waals surface area contributed by atoms with Gasteiger partial charge in [-0.3, -0.25) is 9.78 Å². The van der Waals surface area contributed by atoms with Crippen molar-refractivity contribution in [3.05, 3.63) is 47.8 Å². The van der Waals surface area contributed by atoms with Crippen LogP contribution in [0.3, 0.4) is 0 Å². The number of likely N-dealkylation sites (tertiary alicyclic amines) is 2. The lowest BCUT2D eigenvalue weighted by atomic mass is 10.0. The topological polar surface area (TPSA) is 45.7 Å². The van der Waals surface area contributed by atoms with Crippen molar-refractivity contribution in [3.8, 4) is 16.9 Å². The highest BCUT2D eigenvalue weighted by Crippen LogP contribution is 2.29. The van der Waals surface area contributed by atoms with Crippen LogP contribution in [0.2, 0.25) is 0 Å². The first-order valence-electron chi connectivity index (χ1n) is 10.1. The Bertz CT molecular complexity index is 876. The summed E-state index contributed by atoms with van der Waals surface area (Å²) in [4.78, 5) is 21.0. The number of rotatable bonds is 5. The molecule has 0 bridgehead atoms. The van der Waals surface area contributed by atoms with Crippen molar-refractivity contribution in [2.75, 3.05) is 33.3 Å². The molecule has 0 saturated carbocycles. The van der Waals surface area contributed by atoms with Crippen LogP contribution in [-0.2, 0) is 0 Å². The molecule has 2 aliphatic rings. The molecule has 154 valence electrons. The van der Waals surface area contributed by atoms with Crippen LogP contribution in [0.4, 0.5) is 8.78 Å². The molecule has 2 saturated heterocycles. The van der Waals surface area contributed by atoms with Gasteiger partial charge in [0.25, 0.3) is 5.91 Å². The largest absolute Gasteiger partial charge is 0.495 e. The molecular weight excluding hydrogens is 376 g/mol. The van der Waals surface area contributed by atoms with Crippen molar-refractivity contribution in [2.24, 2.45) is 0 Å². The molecule has 0 aliphatic carbocycles. The van der Waals surface area contributed by atoms with Crippen molar-refractivity contribution in [3.63, 3.8) is 0 Å². The Balaban J connectivity index is 1.58. The van der Waals surface area contributed by atoms with E-state index < -0.39 is 23.1 Å². The molecule has 1 amide bonds. The molecule has 0 spiro atoms. The minimum atomic E-state index is -0.848. The second-order valence-corrected chi connectivity index (χ2v) is 7.73. The molecule has 2 fully saturated rings. The zero-order chi connectivity index (χ0) is 20.4. The van der Waals surface area contributed by atoms with Crippen molar-refractivity contribution in [2.45, 2.75) is 31.7 Å². The van der Waals surface area contributed by atoms with Crippen molar-refractivity contribution in [1.29, 1.82) is 0 Å². The minimum absolute atomic E-state index is 0.0154. The lowest BCUT2D eigenvalue weighted by Gasteiger charge is -2.29. The van der Waals surface area contributed by atoms with E-state index in [-0.39, 0.29) is 6.04 Å². The Morgan fingerprint density at radius 1 is 1.07 bits per heavy atom. The van der Waals surface area contributed by atoms with Crippen LogP contribution in [0.15, 0.2) is 30.6 Å². The van der Waals surface area contributed by atoms with E-state index in [2.05, 4.69) is 9.88 Å². The quantitative estimate of drug-likeness (QED) is 0.766. The molecular formula is C22H25F2N3O2. The van der Waals surface area contributed by atoms with E-state index in [1.807, 2.05) is 0 Å². The van der Waals surface area contributed by atoms with Crippen molar-refractivity contribution < 1.29 is 18.3 Å². The fraction of sp³-hybridized carbons (Fsp3) is 0.455. The number of nitrogens with zero attached hydrogens (tertiary/aromatic N) is 3. The van der Waals surface area contributed by atoms with Gasteiger partial charge in [-0.25, -0.2) is 8.78 Å². The summed E-state index contributed by atoms with van der Waals surface area (Å²) < 4.78 is 34.8. The summed E-state index contributed by atoms with van der Waals surface area (Å²) in [6, 6.07) is 4.05. The highest BCUT2D eigenvalue weighted by Gasteiger charge is 2.34. The Labute approximate surface area is 169 Å². The minimum Gasteiger partial charge on any atom is -0.495 e. The summed E-state index contributed by atoms with van der Waals surface area (Å²) in [7, 11) is 1.50. The average Bonchev–Trinajstić information content (AvgIpc) is 3.40. The number of methoxy groups -OCH3 is 1. The summed E-state index contributed by atoms with van der Waals surface area (Å²) in [6.07, 6.45) is 7.10. The van der Waals surface area contributed by atoms with Gasteiger partial charge < -0.3 is 14.5 Å². The highest BCUT2D eigenvalue weighted by atomic mass is 19.1. The monoisotopic (exact) mass is 401 g/mol. The first-order chi connectivity index (χ1) is 14.1. The number of aromatic nitrogens is 1. The van der Waals surface area contributed by atoms with Gasteiger partial charge in [-0.05, 0) is 62.5 Å². The van der Waals surface area contributed by atoms with Crippen LogP contribution in [0.1, 0.15) is 36.0 Å². The predicted octanol–water partition coefficient (Wildman–Crippen LogP) is 3.74. The molecule has 7 heteroatoms. The first-order valence-corrected chi connectivity index (χ1v) is 10.1. The third-order valence-electron chi connectivity index (χ3n) is 5.84. The molecule has 0 N–H and O–H groups in total. The van der Waals surface area contributed by atoms with E-state index >= 15 is 0 Å². The maximum atomic E-state index is 14.9. The van der Waals surface area contributed by atoms with E-state index in [0.29, 0.717) is 23.4 Å². The summed E-state index contributed by atoms with van der Waals surface area (Å²) in [6.45, 7) is 3.38. The van der Waals surface area contributed by atoms with Gasteiger partial charge in [0, 0.05) is 30.9 Å². The summed E-state index contributed by atoms with van der Waals surface area (Å²) in [5, 5.41) is 0. The van der Waals surface area contributed by atoms with E-state index in [1.54, 1.807) is 11.0 Å². The van der Waals surface area contributed by atoms with E-state index in [1.165, 1.54) is 44.5 Å². The van der Waals surface area contributed by atoms with E-state index in [9.17, 15) is 13.6 Å². The van der Waals surface area contributed by atoms with Crippen LogP contribution in [0.25, 0.3) is 11.1 Å². The maximum Gasteiger partial charge on any atom is 0.260 e. The molecule has 0 radical (unpaired) electrons. The number of benzene rings is 1. The van der Waals surface area contributed by atoms with Gasteiger partial charge in [-0.1, -0.05) is 0 Å². The fourth-order valence-corrected chi connectivity index (χ4v) is 4.33. The van der Waals surface area contributed by atoms with Gasteiger partial charge in [-0.15, -0.1) is 0 Å². The number of carbonyl (C=O) groups is 1. The number of halogens is 2. The predicted molar refractivity (Wildman–Crippen MR) is 106 cm³/mol. The van der Waals surface area contributed by atoms with Crippen LogP contribution < -0.4 is 4.74 Å². The normalized spacial score (nSPS) is 19.7. The molecule has 1 aromatic carbocycles. The lowest BCUT2D eigenvalue weighted by molar-refractivity contribution is 0.0699.